The largest absolute Gasteiger partial charge is 0.376 e. The van der Waals surface area contributed by atoms with Gasteiger partial charge in [0.05, 0.1) is 34.3 Å². The van der Waals surface area contributed by atoms with Crippen molar-refractivity contribution in [2.75, 3.05) is 31.6 Å². The van der Waals surface area contributed by atoms with E-state index < -0.39 is 10.0 Å². The van der Waals surface area contributed by atoms with Crippen molar-refractivity contribution >= 4 is 42.6 Å². The quantitative estimate of drug-likeness (QED) is 0.558. The van der Waals surface area contributed by atoms with E-state index >= 15 is 0 Å². The molecule has 2 heterocycles. The predicted octanol–water partition coefficient (Wildman–Crippen LogP) is 3.13. The Labute approximate surface area is 179 Å². The first-order chi connectivity index (χ1) is 14.4. The minimum Gasteiger partial charge on any atom is -0.376 e. The highest BCUT2D eigenvalue weighted by molar-refractivity contribution is 7.89. The van der Waals surface area contributed by atoms with Crippen molar-refractivity contribution < 1.29 is 17.9 Å². The van der Waals surface area contributed by atoms with Gasteiger partial charge in [0.25, 0.3) is 0 Å². The van der Waals surface area contributed by atoms with E-state index in [0.717, 1.165) is 27.4 Å². The first-order valence-corrected chi connectivity index (χ1v) is 12.0. The van der Waals surface area contributed by atoms with Gasteiger partial charge in [0.1, 0.15) is 0 Å². The molecule has 0 saturated carbocycles. The Balaban J connectivity index is 1.58. The molecule has 0 N–H and O–H groups in total. The number of benzene rings is 2. The maximum Gasteiger partial charge on any atom is 0.244 e. The molecule has 30 heavy (non-hydrogen) atoms. The number of carbonyl (C=O) groups is 1. The van der Waals surface area contributed by atoms with Crippen molar-refractivity contribution in [2.24, 2.45) is 0 Å². The van der Waals surface area contributed by atoms with Crippen LogP contribution in [0.15, 0.2) is 59.5 Å². The first-order valence-electron chi connectivity index (χ1n) is 9.74. The summed E-state index contributed by atoms with van der Waals surface area (Å²) in [5.74, 6) is -0.327. The van der Waals surface area contributed by atoms with E-state index in [9.17, 15) is 13.2 Å². The molecule has 4 rings (SSSR count). The van der Waals surface area contributed by atoms with Crippen LogP contribution in [0.4, 0.5) is 5.13 Å². The molecule has 1 aliphatic rings. The van der Waals surface area contributed by atoms with Crippen LogP contribution < -0.4 is 4.90 Å². The Hall–Kier alpha value is -2.33. The van der Waals surface area contributed by atoms with Gasteiger partial charge >= 0.3 is 0 Å². The SMILES string of the molecule is CN(CC(=O)N(CC1CCCO1)c1nc2ccccc2s1)S(=O)(=O)c1ccccc1. The lowest BCUT2D eigenvalue weighted by Gasteiger charge is -2.25. The number of anilines is 1. The molecule has 0 bridgehead atoms. The van der Waals surface area contributed by atoms with Gasteiger partial charge in [0.2, 0.25) is 15.9 Å². The smallest absolute Gasteiger partial charge is 0.244 e. The average Bonchev–Trinajstić information content (AvgIpc) is 3.41. The number of ether oxygens (including phenoxy) is 1. The number of aromatic nitrogens is 1. The fourth-order valence-electron chi connectivity index (χ4n) is 3.39. The van der Waals surface area contributed by atoms with Gasteiger partial charge in [-0.2, -0.15) is 4.31 Å². The zero-order valence-corrected chi connectivity index (χ0v) is 18.2. The fourth-order valence-corrected chi connectivity index (χ4v) is 5.52. The normalized spacial score (nSPS) is 16.9. The summed E-state index contributed by atoms with van der Waals surface area (Å²) in [6.07, 6.45) is 1.75. The van der Waals surface area contributed by atoms with Crippen molar-refractivity contribution in [3.05, 3.63) is 54.6 Å². The number of amides is 1. The van der Waals surface area contributed by atoms with Crippen molar-refractivity contribution in [1.82, 2.24) is 9.29 Å². The van der Waals surface area contributed by atoms with Crippen LogP contribution in [0, 0.1) is 0 Å². The van der Waals surface area contributed by atoms with Crippen LogP contribution in [0.1, 0.15) is 12.8 Å². The zero-order chi connectivity index (χ0) is 21.1. The number of likely N-dealkylation sites (N-methyl/N-ethyl adjacent to an activating group) is 1. The molecule has 3 aromatic rings. The minimum atomic E-state index is -3.76. The summed E-state index contributed by atoms with van der Waals surface area (Å²) in [6.45, 7) is 0.757. The second-order valence-electron chi connectivity index (χ2n) is 7.18. The second kappa shape index (κ2) is 8.81. The molecule has 158 valence electrons. The zero-order valence-electron chi connectivity index (χ0n) is 16.6. The molecule has 0 spiro atoms. The molecule has 7 nitrogen and oxygen atoms in total. The summed E-state index contributed by atoms with van der Waals surface area (Å²) in [5.41, 5.74) is 0.813. The highest BCUT2D eigenvalue weighted by atomic mass is 32.2. The van der Waals surface area contributed by atoms with Crippen LogP contribution >= 0.6 is 11.3 Å². The van der Waals surface area contributed by atoms with E-state index in [-0.39, 0.29) is 23.5 Å². The lowest BCUT2D eigenvalue weighted by molar-refractivity contribution is -0.119. The van der Waals surface area contributed by atoms with E-state index in [1.54, 1.807) is 23.1 Å². The average molecular weight is 446 g/mol. The van der Waals surface area contributed by atoms with Gasteiger partial charge < -0.3 is 4.74 Å². The van der Waals surface area contributed by atoms with Crippen LogP contribution in [0.25, 0.3) is 10.2 Å². The lowest BCUT2D eigenvalue weighted by Crippen LogP contribution is -2.44. The minimum absolute atomic E-state index is 0.0722. The molecule has 1 atom stereocenters. The topological polar surface area (TPSA) is 79.8 Å². The predicted molar refractivity (Wildman–Crippen MR) is 117 cm³/mol. The monoisotopic (exact) mass is 445 g/mol. The van der Waals surface area contributed by atoms with Crippen LogP contribution in [-0.4, -0.2) is 56.5 Å². The lowest BCUT2D eigenvalue weighted by atomic mass is 10.2. The summed E-state index contributed by atoms with van der Waals surface area (Å²) in [7, 11) is -2.34. The number of hydrogen-bond donors (Lipinski definition) is 0. The third-order valence-electron chi connectivity index (χ3n) is 5.03. The Bertz CT molecular complexity index is 1090. The Morgan fingerprint density at radius 2 is 1.90 bits per heavy atom. The Morgan fingerprint density at radius 3 is 2.60 bits per heavy atom. The molecule has 1 aromatic heterocycles. The van der Waals surface area contributed by atoms with Crippen molar-refractivity contribution in [3.8, 4) is 0 Å². The second-order valence-corrected chi connectivity index (χ2v) is 10.2. The molecule has 1 saturated heterocycles. The standard InChI is InChI=1S/C21H23N3O4S2/c1-23(30(26,27)17-9-3-2-4-10-17)15-20(25)24(14-16-8-7-13-28-16)21-22-18-11-5-6-12-19(18)29-21/h2-6,9-12,16H,7-8,13-15H2,1H3. The van der Waals surface area contributed by atoms with Crippen LogP contribution in [0.3, 0.4) is 0 Å². The number of thiazole rings is 1. The molecule has 1 aliphatic heterocycles. The van der Waals surface area contributed by atoms with Crippen molar-refractivity contribution in [1.29, 1.82) is 0 Å². The van der Waals surface area contributed by atoms with Crippen LogP contribution in [0.2, 0.25) is 0 Å². The summed E-state index contributed by atoms with van der Waals surface area (Å²) in [5, 5.41) is 0.558. The molecule has 9 heteroatoms. The summed E-state index contributed by atoms with van der Waals surface area (Å²) >= 11 is 1.42. The molecule has 0 radical (unpaired) electrons. The highest BCUT2D eigenvalue weighted by Crippen LogP contribution is 2.30. The van der Waals surface area contributed by atoms with Crippen LogP contribution in [-0.2, 0) is 19.6 Å². The van der Waals surface area contributed by atoms with E-state index in [1.165, 1.54) is 30.5 Å². The van der Waals surface area contributed by atoms with E-state index in [1.807, 2.05) is 24.3 Å². The fraction of sp³-hybridized carbons (Fsp3) is 0.333. The highest BCUT2D eigenvalue weighted by Gasteiger charge is 2.30. The number of rotatable bonds is 7. The maximum absolute atomic E-state index is 13.2. The van der Waals surface area contributed by atoms with Gasteiger partial charge in [-0.1, -0.05) is 41.7 Å². The van der Waals surface area contributed by atoms with E-state index in [4.69, 9.17) is 4.74 Å². The first kappa shape index (κ1) is 20.9. The third-order valence-corrected chi connectivity index (χ3v) is 7.91. The molecule has 1 amide bonds. The molecular formula is C21H23N3O4S2. The van der Waals surface area contributed by atoms with Gasteiger partial charge in [-0.15, -0.1) is 0 Å². The maximum atomic E-state index is 13.2. The number of fused-ring (bicyclic) bond motifs is 1. The Morgan fingerprint density at radius 1 is 1.17 bits per heavy atom. The number of sulfonamides is 1. The summed E-state index contributed by atoms with van der Waals surface area (Å²) < 4.78 is 33.4. The molecule has 1 fully saturated rings. The molecule has 1 unspecified atom stereocenters. The van der Waals surface area contributed by atoms with Gasteiger partial charge in [-0.25, -0.2) is 13.4 Å². The van der Waals surface area contributed by atoms with Gasteiger partial charge in [-0.3, -0.25) is 9.69 Å². The molecule has 0 aliphatic carbocycles. The van der Waals surface area contributed by atoms with Gasteiger partial charge in [-0.05, 0) is 37.1 Å². The van der Waals surface area contributed by atoms with Crippen molar-refractivity contribution in [2.45, 2.75) is 23.8 Å². The van der Waals surface area contributed by atoms with E-state index in [2.05, 4.69) is 4.98 Å². The van der Waals surface area contributed by atoms with Gasteiger partial charge in [0.15, 0.2) is 5.13 Å². The van der Waals surface area contributed by atoms with E-state index in [0.29, 0.717) is 18.3 Å². The van der Waals surface area contributed by atoms with Crippen LogP contribution in [0.5, 0.6) is 0 Å². The molecule has 2 aromatic carbocycles. The van der Waals surface area contributed by atoms with Gasteiger partial charge in [0, 0.05) is 13.7 Å². The third kappa shape index (κ3) is 4.39. The summed E-state index contributed by atoms with van der Waals surface area (Å²) in [6, 6.07) is 15.8. The Kier molecular flexibility index (Phi) is 6.14. The van der Waals surface area contributed by atoms with Crippen molar-refractivity contribution in [3.63, 3.8) is 0 Å². The number of para-hydroxylation sites is 1. The summed E-state index contributed by atoms with van der Waals surface area (Å²) in [4.78, 5) is 19.6. The number of carbonyl (C=O) groups excluding carboxylic acids is 1. The number of nitrogens with zero attached hydrogens (tertiary/aromatic N) is 3. The molecular weight excluding hydrogens is 422 g/mol. The number of hydrogen-bond acceptors (Lipinski definition) is 6.